The number of rotatable bonds is 6. The molecule has 23 heavy (non-hydrogen) atoms. The summed E-state index contributed by atoms with van der Waals surface area (Å²) < 4.78 is 5.10. The zero-order valence-corrected chi connectivity index (χ0v) is 14.4. The molecule has 1 unspecified atom stereocenters. The van der Waals surface area contributed by atoms with Crippen molar-refractivity contribution < 1.29 is 14.3 Å². The Morgan fingerprint density at radius 1 is 1.26 bits per heavy atom. The highest BCUT2D eigenvalue weighted by molar-refractivity contribution is 5.86. The molecular formula is C19H27NO3. The molecule has 1 saturated heterocycles. The predicted octanol–water partition coefficient (Wildman–Crippen LogP) is 3.04. The second-order valence-electron chi connectivity index (χ2n) is 6.20. The lowest BCUT2D eigenvalue weighted by molar-refractivity contribution is -0.152. The van der Waals surface area contributed by atoms with Crippen LogP contribution < -0.4 is 0 Å². The molecule has 1 heterocycles. The minimum atomic E-state index is -0.400. The Labute approximate surface area is 138 Å². The number of amides is 1. The lowest BCUT2D eigenvalue weighted by Gasteiger charge is -2.23. The van der Waals surface area contributed by atoms with Gasteiger partial charge in [-0.2, -0.15) is 0 Å². The predicted molar refractivity (Wildman–Crippen MR) is 90.2 cm³/mol. The topological polar surface area (TPSA) is 46.6 Å². The highest BCUT2D eigenvalue weighted by atomic mass is 16.5. The monoisotopic (exact) mass is 317 g/mol. The minimum Gasteiger partial charge on any atom is -0.464 e. The summed E-state index contributed by atoms with van der Waals surface area (Å²) in [6.45, 7) is 7.02. The van der Waals surface area contributed by atoms with Crippen molar-refractivity contribution in [3.05, 3.63) is 34.9 Å². The lowest BCUT2D eigenvalue weighted by atomic mass is 9.98. The molecular weight excluding hydrogens is 290 g/mol. The number of nitrogens with zero attached hydrogens (tertiary/aromatic N) is 1. The van der Waals surface area contributed by atoms with Gasteiger partial charge in [0.15, 0.2) is 0 Å². The van der Waals surface area contributed by atoms with Crippen LogP contribution in [0.3, 0.4) is 0 Å². The molecule has 0 radical (unpaired) electrons. The fourth-order valence-electron chi connectivity index (χ4n) is 3.24. The molecule has 1 atom stereocenters. The summed E-state index contributed by atoms with van der Waals surface area (Å²) in [5.41, 5.74) is 3.54. The second-order valence-corrected chi connectivity index (χ2v) is 6.20. The van der Waals surface area contributed by atoms with Gasteiger partial charge in [-0.3, -0.25) is 4.79 Å². The van der Waals surface area contributed by atoms with E-state index in [4.69, 9.17) is 4.74 Å². The van der Waals surface area contributed by atoms with Crippen molar-refractivity contribution in [2.24, 2.45) is 0 Å². The van der Waals surface area contributed by atoms with Crippen molar-refractivity contribution in [3.8, 4) is 0 Å². The molecule has 1 aliphatic heterocycles. The molecule has 0 aromatic heterocycles. The number of aryl methyl sites for hydroxylation is 2. The van der Waals surface area contributed by atoms with E-state index in [0.29, 0.717) is 26.0 Å². The lowest BCUT2D eigenvalue weighted by Crippen LogP contribution is -2.42. The van der Waals surface area contributed by atoms with Crippen LogP contribution in [0.15, 0.2) is 18.2 Å². The molecule has 0 spiro atoms. The summed E-state index contributed by atoms with van der Waals surface area (Å²) in [4.78, 5) is 26.4. The Morgan fingerprint density at radius 2 is 2.04 bits per heavy atom. The first-order chi connectivity index (χ1) is 11.1. The standard InChI is InChI=1S/C19H27NO3/c1-4-7-15-12-14(3)9-10-16(15)13-18(21)20-11-6-8-17(20)19(22)23-5-2/h9-10,12,17H,4-8,11,13H2,1-3H3. The third-order valence-corrected chi connectivity index (χ3v) is 4.35. The van der Waals surface area contributed by atoms with E-state index in [-0.39, 0.29) is 11.9 Å². The van der Waals surface area contributed by atoms with Gasteiger partial charge in [-0.25, -0.2) is 4.79 Å². The largest absolute Gasteiger partial charge is 0.464 e. The van der Waals surface area contributed by atoms with Gasteiger partial charge in [0.05, 0.1) is 13.0 Å². The number of hydrogen-bond donors (Lipinski definition) is 0. The zero-order chi connectivity index (χ0) is 16.8. The van der Waals surface area contributed by atoms with Crippen molar-refractivity contribution >= 4 is 11.9 Å². The van der Waals surface area contributed by atoms with Crippen LogP contribution >= 0.6 is 0 Å². The maximum Gasteiger partial charge on any atom is 0.328 e. The highest BCUT2D eigenvalue weighted by Gasteiger charge is 2.35. The van der Waals surface area contributed by atoms with Gasteiger partial charge in [-0.15, -0.1) is 0 Å². The SMILES string of the molecule is CCCc1cc(C)ccc1CC(=O)N1CCCC1C(=O)OCC. The summed E-state index contributed by atoms with van der Waals surface area (Å²) in [5.74, 6) is -0.238. The first kappa shape index (κ1) is 17.5. The molecule has 0 bridgehead atoms. The van der Waals surface area contributed by atoms with Crippen molar-refractivity contribution in [2.45, 2.75) is 58.9 Å². The Balaban J connectivity index is 2.10. The molecule has 4 nitrogen and oxygen atoms in total. The van der Waals surface area contributed by atoms with Gasteiger partial charge in [-0.05, 0) is 44.2 Å². The van der Waals surface area contributed by atoms with E-state index in [2.05, 4.69) is 26.0 Å². The summed E-state index contributed by atoms with van der Waals surface area (Å²) in [5, 5.41) is 0. The number of ether oxygens (including phenoxy) is 1. The van der Waals surface area contributed by atoms with E-state index in [0.717, 1.165) is 24.8 Å². The van der Waals surface area contributed by atoms with Crippen molar-refractivity contribution in [3.63, 3.8) is 0 Å². The average molecular weight is 317 g/mol. The van der Waals surface area contributed by atoms with Gasteiger partial charge < -0.3 is 9.64 Å². The van der Waals surface area contributed by atoms with Crippen LogP contribution in [0, 0.1) is 6.92 Å². The van der Waals surface area contributed by atoms with Crippen LogP contribution in [-0.2, 0) is 27.2 Å². The Hall–Kier alpha value is -1.84. The van der Waals surface area contributed by atoms with Crippen LogP contribution in [0.5, 0.6) is 0 Å². The smallest absolute Gasteiger partial charge is 0.328 e. The number of esters is 1. The zero-order valence-electron chi connectivity index (χ0n) is 14.4. The van der Waals surface area contributed by atoms with E-state index in [9.17, 15) is 9.59 Å². The fraction of sp³-hybridized carbons (Fsp3) is 0.579. The van der Waals surface area contributed by atoms with Gasteiger partial charge in [0, 0.05) is 6.54 Å². The average Bonchev–Trinajstić information content (AvgIpc) is 3.00. The van der Waals surface area contributed by atoms with Crippen LogP contribution in [-0.4, -0.2) is 36.0 Å². The molecule has 1 aromatic rings. The van der Waals surface area contributed by atoms with Crippen LogP contribution in [0.25, 0.3) is 0 Å². The Kier molecular flexibility index (Phi) is 6.20. The minimum absolute atomic E-state index is 0.0294. The summed E-state index contributed by atoms with van der Waals surface area (Å²) >= 11 is 0. The third-order valence-electron chi connectivity index (χ3n) is 4.35. The first-order valence-electron chi connectivity index (χ1n) is 8.61. The van der Waals surface area contributed by atoms with Crippen LogP contribution in [0.4, 0.5) is 0 Å². The van der Waals surface area contributed by atoms with E-state index in [1.165, 1.54) is 11.1 Å². The fourth-order valence-corrected chi connectivity index (χ4v) is 3.24. The van der Waals surface area contributed by atoms with E-state index in [1.54, 1.807) is 11.8 Å². The molecule has 4 heteroatoms. The highest BCUT2D eigenvalue weighted by Crippen LogP contribution is 2.22. The van der Waals surface area contributed by atoms with E-state index < -0.39 is 6.04 Å². The van der Waals surface area contributed by atoms with E-state index >= 15 is 0 Å². The third kappa shape index (κ3) is 4.34. The number of benzene rings is 1. The molecule has 1 amide bonds. The first-order valence-corrected chi connectivity index (χ1v) is 8.61. The van der Waals surface area contributed by atoms with Crippen molar-refractivity contribution in [1.82, 2.24) is 4.90 Å². The molecule has 126 valence electrons. The molecule has 0 aliphatic carbocycles. The molecule has 0 saturated carbocycles. The molecule has 1 aromatic carbocycles. The number of likely N-dealkylation sites (tertiary alicyclic amines) is 1. The number of hydrogen-bond acceptors (Lipinski definition) is 3. The second kappa shape index (κ2) is 8.14. The normalized spacial score (nSPS) is 17.3. The Morgan fingerprint density at radius 3 is 2.74 bits per heavy atom. The van der Waals surface area contributed by atoms with Crippen LogP contribution in [0.2, 0.25) is 0 Å². The summed E-state index contributed by atoms with van der Waals surface area (Å²) in [6, 6.07) is 5.86. The Bertz CT molecular complexity index is 568. The van der Waals surface area contributed by atoms with Gasteiger partial charge in [0.2, 0.25) is 5.91 Å². The quantitative estimate of drug-likeness (QED) is 0.758. The maximum absolute atomic E-state index is 12.7. The van der Waals surface area contributed by atoms with E-state index in [1.807, 2.05) is 6.07 Å². The molecule has 1 aliphatic rings. The summed E-state index contributed by atoms with van der Waals surface area (Å²) in [6.07, 6.45) is 3.97. The van der Waals surface area contributed by atoms with Crippen LogP contribution in [0.1, 0.15) is 49.8 Å². The number of carbonyl (C=O) groups excluding carboxylic acids is 2. The molecule has 2 rings (SSSR count). The molecule has 0 N–H and O–H groups in total. The van der Waals surface area contributed by atoms with Gasteiger partial charge in [-0.1, -0.05) is 37.1 Å². The van der Waals surface area contributed by atoms with Gasteiger partial charge >= 0.3 is 5.97 Å². The molecule has 1 fully saturated rings. The maximum atomic E-state index is 12.7. The van der Waals surface area contributed by atoms with Gasteiger partial charge in [0.1, 0.15) is 6.04 Å². The van der Waals surface area contributed by atoms with Gasteiger partial charge in [0.25, 0.3) is 0 Å². The number of carbonyl (C=O) groups is 2. The summed E-state index contributed by atoms with van der Waals surface area (Å²) in [7, 11) is 0. The van der Waals surface area contributed by atoms with Crippen molar-refractivity contribution in [1.29, 1.82) is 0 Å². The van der Waals surface area contributed by atoms with Crippen molar-refractivity contribution in [2.75, 3.05) is 13.2 Å².